The van der Waals surface area contributed by atoms with Gasteiger partial charge in [0.05, 0.1) is 10.6 Å². The van der Waals surface area contributed by atoms with Crippen molar-refractivity contribution in [2.24, 2.45) is 4.99 Å². The molecular formula is C10H10N2O3S2. The summed E-state index contributed by atoms with van der Waals surface area (Å²) >= 11 is 1.09. The van der Waals surface area contributed by atoms with Crippen LogP contribution in [0, 0.1) is 6.92 Å². The number of rotatable bonds is 2. The number of carbonyl (C=O) groups is 1. The van der Waals surface area contributed by atoms with Crippen molar-refractivity contribution in [1.82, 2.24) is 4.72 Å². The second-order valence-electron chi connectivity index (χ2n) is 3.47. The van der Waals surface area contributed by atoms with Gasteiger partial charge < -0.3 is 0 Å². The van der Waals surface area contributed by atoms with Crippen LogP contribution in [-0.4, -0.2) is 25.2 Å². The van der Waals surface area contributed by atoms with Gasteiger partial charge in [-0.2, -0.15) is 4.99 Å². The largest absolute Gasteiger partial charge is 0.272 e. The van der Waals surface area contributed by atoms with Gasteiger partial charge in [0.15, 0.2) is 5.17 Å². The number of hydrogen-bond donors (Lipinski definition) is 1. The summed E-state index contributed by atoms with van der Waals surface area (Å²) in [6.45, 7) is 1.71. The number of sulfonamides is 1. The average Bonchev–Trinajstić information content (AvgIpc) is 2.63. The molecule has 17 heavy (non-hydrogen) atoms. The molecule has 90 valence electrons. The molecule has 1 aliphatic heterocycles. The lowest BCUT2D eigenvalue weighted by molar-refractivity contribution is -0.115. The third-order valence-electron chi connectivity index (χ3n) is 2.16. The molecule has 2 rings (SSSR count). The number of aliphatic imine (C=N–C) groups is 1. The van der Waals surface area contributed by atoms with Gasteiger partial charge in [-0.15, -0.1) is 0 Å². The second-order valence-corrected chi connectivity index (χ2v) is 6.09. The van der Waals surface area contributed by atoms with Gasteiger partial charge in [-0.1, -0.05) is 30.0 Å². The van der Waals surface area contributed by atoms with E-state index in [0.29, 0.717) is 5.56 Å². The van der Waals surface area contributed by atoms with Gasteiger partial charge in [-0.25, -0.2) is 8.42 Å². The zero-order valence-corrected chi connectivity index (χ0v) is 10.6. The maximum atomic E-state index is 12.0. The Kier molecular flexibility index (Phi) is 3.21. The fourth-order valence-corrected chi connectivity index (χ4v) is 3.58. The summed E-state index contributed by atoms with van der Waals surface area (Å²) in [5.41, 5.74) is 0.648. The molecule has 1 N–H and O–H groups in total. The standard InChI is InChI=1S/C10H10N2O3S2/c1-7-4-2-3-5-8(7)17(14,15)12-10-11-9(13)6-16-10/h2-5H,6H2,1H3,(H,11,12,13). The highest BCUT2D eigenvalue weighted by Crippen LogP contribution is 2.17. The summed E-state index contributed by atoms with van der Waals surface area (Å²) in [4.78, 5) is 14.7. The van der Waals surface area contributed by atoms with Crippen LogP contribution in [0.25, 0.3) is 0 Å². The van der Waals surface area contributed by atoms with Crippen LogP contribution in [0.4, 0.5) is 0 Å². The summed E-state index contributed by atoms with van der Waals surface area (Å²) in [7, 11) is -3.65. The molecule has 1 aromatic rings. The lowest BCUT2D eigenvalue weighted by Crippen LogP contribution is -2.28. The molecule has 0 aliphatic carbocycles. The topological polar surface area (TPSA) is 75.6 Å². The number of carbonyl (C=O) groups excluding carboxylic acids is 1. The molecule has 1 amide bonds. The maximum Gasteiger partial charge on any atom is 0.263 e. The number of thioether (sulfide) groups is 1. The molecule has 1 aliphatic rings. The highest BCUT2D eigenvalue weighted by atomic mass is 32.2. The van der Waals surface area contributed by atoms with Crippen molar-refractivity contribution in [2.75, 3.05) is 5.75 Å². The van der Waals surface area contributed by atoms with E-state index in [1.54, 1.807) is 25.1 Å². The molecule has 0 unspecified atom stereocenters. The van der Waals surface area contributed by atoms with E-state index in [0.717, 1.165) is 11.8 Å². The third kappa shape index (κ3) is 2.67. The number of hydrogen-bond acceptors (Lipinski definition) is 4. The van der Waals surface area contributed by atoms with Crippen LogP contribution in [0.1, 0.15) is 5.56 Å². The van der Waals surface area contributed by atoms with Gasteiger partial charge in [-0.3, -0.25) is 9.52 Å². The monoisotopic (exact) mass is 270 g/mol. The van der Waals surface area contributed by atoms with Gasteiger partial charge in [0, 0.05) is 0 Å². The lowest BCUT2D eigenvalue weighted by Gasteiger charge is -2.08. The summed E-state index contributed by atoms with van der Waals surface area (Å²) in [5.74, 6) is -0.136. The Balaban J connectivity index is 2.29. The molecular weight excluding hydrogens is 260 g/mol. The lowest BCUT2D eigenvalue weighted by atomic mass is 10.2. The minimum absolute atomic E-state index is 0.137. The first-order valence-corrected chi connectivity index (χ1v) is 7.29. The van der Waals surface area contributed by atoms with Crippen molar-refractivity contribution in [1.29, 1.82) is 0 Å². The van der Waals surface area contributed by atoms with E-state index in [9.17, 15) is 13.2 Å². The molecule has 5 nitrogen and oxygen atoms in total. The van der Waals surface area contributed by atoms with E-state index >= 15 is 0 Å². The molecule has 0 saturated heterocycles. The van der Waals surface area contributed by atoms with Crippen molar-refractivity contribution >= 4 is 32.9 Å². The molecule has 0 atom stereocenters. The smallest absolute Gasteiger partial charge is 0.263 e. The zero-order valence-electron chi connectivity index (χ0n) is 9.00. The number of nitrogens with zero attached hydrogens (tertiary/aromatic N) is 1. The van der Waals surface area contributed by atoms with Crippen molar-refractivity contribution in [3.8, 4) is 0 Å². The predicted octanol–water partition coefficient (Wildman–Crippen LogP) is 0.903. The Morgan fingerprint density at radius 3 is 2.65 bits per heavy atom. The van der Waals surface area contributed by atoms with Gasteiger partial charge in [0.25, 0.3) is 15.9 Å². The number of amides is 1. The Bertz CT molecular complexity index is 593. The molecule has 0 fully saturated rings. The molecule has 0 bridgehead atoms. The number of benzene rings is 1. The van der Waals surface area contributed by atoms with E-state index in [4.69, 9.17) is 0 Å². The predicted molar refractivity (Wildman–Crippen MR) is 66.4 cm³/mol. The maximum absolute atomic E-state index is 12.0. The van der Waals surface area contributed by atoms with Crippen LogP contribution in [0.15, 0.2) is 34.2 Å². The van der Waals surface area contributed by atoms with Gasteiger partial charge >= 0.3 is 0 Å². The first-order valence-electron chi connectivity index (χ1n) is 4.82. The second kappa shape index (κ2) is 4.50. The van der Waals surface area contributed by atoms with E-state index < -0.39 is 10.0 Å². The molecule has 0 spiro atoms. The minimum atomic E-state index is -3.65. The fraction of sp³-hybridized carbons (Fsp3) is 0.200. The average molecular weight is 270 g/mol. The highest BCUT2D eigenvalue weighted by molar-refractivity contribution is 8.15. The first-order chi connectivity index (χ1) is 7.99. The number of nitrogens with one attached hydrogen (secondary N) is 1. The van der Waals surface area contributed by atoms with Crippen molar-refractivity contribution < 1.29 is 13.2 Å². The molecule has 0 aromatic heterocycles. The van der Waals surface area contributed by atoms with E-state index in [2.05, 4.69) is 9.71 Å². The van der Waals surface area contributed by atoms with E-state index in [1.807, 2.05) is 0 Å². The Hall–Kier alpha value is -1.34. The highest BCUT2D eigenvalue weighted by Gasteiger charge is 2.22. The summed E-state index contributed by atoms with van der Waals surface area (Å²) < 4.78 is 26.3. The number of amidine groups is 1. The summed E-state index contributed by atoms with van der Waals surface area (Å²) in [6, 6.07) is 6.64. The van der Waals surface area contributed by atoms with Crippen LogP contribution in [-0.2, 0) is 14.8 Å². The Morgan fingerprint density at radius 1 is 1.35 bits per heavy atom. The molecule has 7 heteroatoms. The summed E-state index contributed by atoms with van der Waals surface area (Å²) in [5, 5.41) is 0.137. The van der Waals surface area contributed by atoms with Crippen LogP contribution in [0.5, 0.6) is 0 Å². The van der Waals surface area contributed by atoms with Crippen molar-refractivity contribution in [3.05, 3.63) is 29.8 Å². The van der Waals surface area contributed by atoms with Gasteiger partial charge in [-0.05, 0) is 18.6 Å². The minimum Gasteiger partial charge on any atom is -0.272 e. The Morgan fingerprint density at radius 2 is 2.06 bits per heavy atom. The zero-order chi connectivity index (χ0) is 12.5. The van der Waals surface area contributed by atoms with Gasteiger partial charge in [0.2, 0.25) is 0 Å². The molecule has 0 saturated carbocycles. The van der Waals surface area contributed by atoms with E-state index in [-0.39, 0.29) is 21.7 Å². The molecule has 0 radical (unpaired) electrons. The van der Waals surface area contributed by atoms with Crippen molar-refractivity contribution in [2.45, 2.75) is 11.8 Å². The summed E-state index contributed by atoms with van der Waals surface area (Å²) in [6.07, 6.45) is 0. The SMILES string of the molecule is Cc1ccccc1S(=O)(=O)NC1=NC(=O)CS1. The third-order valence-corrected chi connectivity index (χ3v) is 4.65. The first kappa shape index (κ1) is 12.1. The van der Waals surface area contributed by atoms with Crippen LogP contribution < -0.4 is 4.72 Å². The number of aryl methyl sites for hydroxylation is 1. The Labute approximate surface area is 103 Å². The van der Waals surface area contributed by atoms with Crippen LogP contribution in [0.2, 0.25) is 0 Å². The van der Waals surface area contributed by atoms with Gasteiger partial charge in [0.1, 0.15) is 0 Å². The molecule has 1 heterocycles. The van der Waals surface area contributed by atoms with Crippen molar-refractivity contribution in [3.63, 3.8) is 0 Å². The molecule has 1 aromatic carbocycles. The quantitative estimate of drug-likeness (QED) is 0.866. The fourth-order valence-electron chi connectivity index (χ4n) is 1.39. The van der Waals surface area contributed by atoms with E-state index in [1.165, 1.54) is 6.07 Å². The normalized spacial score (nSPS) is 15.8. The van der Waals surface area contributed by atoms with Crippen LogP contribution >= 0.6 is 11.8 Å². The van der Waals surface area contributed by atoms with Crippen LogP contribution in [0.3, 0.4) is 0 Å².